The molecule has 0 unspecified atom stereocenters. The number of methoxy groups -OCH3 is 4. The molecule has 178 valence electrons. The molecule has 3 aromatic carbocycles. The van der Waals surface area contributed by atoms with Crippen LogP contribution in [0.2, 0.25) is 0 Å². The summed E-state index contributed by atoms with van der Waals surface area (Å²) < 4.78 is 26.6. The first kappa shape index (κ1) is 24.5. The summed E-state index contributed by atoms with van der Waals surface area (Å²) in [6.07, 6.45) is 0. The van der Waals surface area contributed by atoms with Gasteiger partial charge in [-0.05, 0) is 17.7 Å². The highest BCUT2D eigenvalue weighted by molar-refractivity contribution is 6.13. The van der Waals surface area contributed by atoms with Gasteiger partial charge in [0.25, 0.3) is 5.91 Å². The van der Waals surface area contributed by atoms with Gasteiger partial charge in [-0.15, -0.1) is 0 Å². The number of rotatable bonds is 8. The van der Waals surface area contributed by atoms with E-state index in [0.717, 1.165) is 17.1 Å². The summed E-state index contributed by atoms with van der Waals surface area (Å²) in [4.78, 5) is 13.2. The molecule has 0 N–H and O–H groups in total. The average Bonchev–Trinajstić information content (AvgIpc) is 2.90. The van der Waals surface area contributed by atoms with Crippen LogP contribution < -0.4 is 28.6 Å². The predicted octanol–water partition coefficient (Wildman–Crippen LogP) is 4.89. The van der Waals surface area contributed by atoms with E-state index in [1.165, 1.54) is 21.3 Å². The Hall–Kier alpha value is -4.13. The lowest BCUT2D eigenvalue weighted by molar-refractivity contribution is -0.117. The van der Waals surface area contributed by atoms with Gasteiger partial charge in [-0.1, -0.05) is 49.0 Å². The summed E-state index contributed by atoms with van der Waals surface area (Å²) in [6, 6.07) is 21.2. The van der Waals surface area contributed by atoms with Gasteiger partial charge in [-0.2, -0.15) is 0 Å². The van der Waals surface area contributed by atoms with Crippen LogP contribution in [-0.4, -0.2) is 40.9 Å². The summed E-state index contributed by atoms with van der Waals surface area (Å²) in [5.41, 5.74) is 2.46. The maximum absolute atomic E-state index is 11.6. The van der Waals surface area contributed by atoms with Crippen LogP contribution >= 0.6 is 0 Å². The smallest absolute Gasteiger partial charge is 0.255 e. The van der Waals surface area contributed by atoms with Crippen LogP contribution in [0.25, 0.3) is 0 Å². The standard InChI is InChI=1S/C14H14O2.C13H15NO4/c1-15-13-9-5-6-10-14(13)16-11-12-7-3-2-4-8-12;1-8-7-14(13(8)15)9-5-10(16-2)12(18-4)11(6-9)17-3/h2-10H,11H2,1H3;5-6H,1,7H2,2-4H3. The van der Waals surface area contributed by atoms with E-state index in [4.69, 9.17) is 23.7 Å². The second kappa shape index (κ2) is 11.7. The number of carbonyl (C=O) groups excluding carboxylic acids is 1. The van der Waals surface area contributed by atoms with E-state index in [1.54, 1.807) is 24.1 Å². The van der Waals surface area contributed by atoms with Gasteiger partial charge in [0.1, 0.15) is 6.61 Å². The number of anilines is 1. The van der Waals surface area contributed by atoms with Crippen LogP contribution in [0.3, 0.4) is 0 Å². The van der Waals surface area contributed by atoms with Crippen molar-refractivity contribution in [2.24, 2.45) is 0 Å². The molecule has 0 aromatic heterocycles. The molecule has 4 rings (SSSR count). The SMILES string of the molecule is C=C1CN(c2cc(OC)c(OC)c(OC)c2)C1=O.COc1ccccc1OCc1ccccc1. The third-order valence-electron chi connectivity index (χ3n) is 5.16. The number of para-hydroxylation sites is 2. The maximum atomic E-state index is 11.6. The van der Waals surface area contributed by atoms with Crippen LogP contribution in [0.1, 0.15) is 5.56 Å². The molecule has 1 fully saturated rings. The number of β-lactam (4-membered cyclic amide) rings is 1. The van der Waals surface area contributed by atoms with E-state index in [9.17, 15) is 4.79 Å². The highest BCUT2D eigenvalue weighted by atomic mass is 16.5. The minimum absolute atomic E-state index is 0.0794. The van der Waals surface area contributed by atoms with Gasteiger partial charge in [0.05, 0.1) is 40.7 Å². The molecule has 7 heteroatoms. The van der Waals surface area contributed by atoms with Crippen molar-refractivity contribution >= 4 is 11.6 Å². The third-order valence-corrected chi connectivity index (χ3v) is 5.16. The number of hydrogen-bond acceptors (Lipinski definition) is 6. The van der Waals surface area contributed by atoms with Crippen LogP contribution in [0, 0.1) is 0 Å². The second-order valence-corrected chi connectivity index (χ2v) is 7.30. The fourth-order valence-electron chi connectivity index (χ4n) is 3.33. The van der Waals surface area contributed by atoms with Gasteiger partial charge in [0.15, 0.2) is 23.0 Å². The number of nitrogens with zero attached hydrogens (tertiary/aromatic N) is 1. The Morgan fingerprint density at radius 3 is 1.82 bits per heavy atom. The van der Waals surface area contributed by atoms with Crippen molar-refractivity contribution in [1.82, 2.24) is 0 Å². The molecule has 34 heavy (non-hydrogen) atoms. The second-order valence-electron chi connectivity index (χ2n) is 7.30. The average molecular weight is 464 g/mol. The van der Waals surface area contributed by atoms with Gasteiger partial charge >= 0.3 is 0 Å². The lowest BCUT2D eigenvalue weighted by Crippen LogP contribution is -2.45. The summed E-state index contributed by atoms with van der Waals surface area (Å²) in [7, 11) is 6.26. The Kier molecular flexibility index (Phi) is 8.40. The number of ether oxygens (including phenoxy) is 5. The molecule has 1 amide bonds. The molecule has 1 aliphatic heterocycles. The molecule has 0 saturated carbocycles. The third kappa shape index (κ3) is 5.61. The molecule has 0 spiro atoms. The first-order valence-electron chi connectivity index (χ1n) is 10.6. The van der Waals surface area contributed by atoms with E-state index in [-0.39, 0.29) is 5.91 Å². The Bertz CT molecular complexity index is 1100. The first-order valence-corrected chi connectivity index (χ1v) is 10.6. The topological polar surface area (TPSA) is 66.5 Å². The van der Waals surface area contributed by atoms with E-state index in [0.29, 0.717) is 41.7 Å². The quantitative estimate of drug-likeness (QED) is 0.350. The molecule has 3 aromatic rings. The summed E-state index contributed by atoms with van der Waals surface area (Å²) >= 11 is 0. The van der Waals surface area contributed by atoms with Crippen molar-refractivity contribution in [1.29, 1.82) is 0 Å². The molecule has 0 bridgehead atoms. The molecule has 1 heterocycles. The van der Waals surface area contributed by atoms with Crippen LogP contribution in [0.15, 0.2) is 78.9 Å². The van der Waals surface area contributed by atoms with Crippen LogP contribution in [-0.2, 0) is 11.4 Å². The lowest BCUT2D eigenvalue weighted by Gasteiger charge is -2.33. The zero-order valence-electron chi connectivity index (χ0n) is 19.9. The summed E-state index contributed by atoms with van der Waals surface area (Å²) in [5, 5.41) is 0. The summed E-state index contributed by atoms with van der Waals surface area (Å²) in [6.45, 7) is 4.74. The zero-order valence-corrected chi connectivity index (χ0v) is 19.9. The van der Waals surface area contributed by atoms with Gasteiger partial charge in [-0.25, -0.2) is 0 Å². The van der Waals surface area contributed by atoms with Gasteiger partial charge < -0.3 is 28.6 Å². The fourth-order valence-corrected chi connectivity index (χ4v) is 3.33. The summed E-state index contributed by atoms with van der Waals surface area (Å²) in [5.74, 6) is 3.02. The largest absolute Gasteiger partial charge is 0.493 e. The van der Waals surface area contributed by atoms with Crippen LogP contribution in [0.4, 0.5) is 5.69 Å². The Balaban J connectivity index is 0.000000192. The molecule has 0 radical (unpaired) electrons. The lowest BCUT2D eigenvalue weighted by atomic mass is 10.1. The molecular weight excluding hydrogens is 434 g/mol. The van der Waals surface area contributed by atoms with Crippen molar-refractivity contribution in [3.05, 3.63) is 84.4 Å². The molecule has 7 nitrogen and oxygen atoms in total. The predicted molar refractivity (Wildman–Crippen MR) is 131 cm³/mol. The van der Waals surface area contributed by atoms with Crippen LogP contribution in [0.5, 0.6) is 28.7 Å². The molecule has 1 aliphatic rings. The van der Waals surface area contributed by atoms with Crippen molar-refractivity contribution < 1.29 is 28.5 Å². The van der Waals surface area contributed by atoms with E-state index in [1.807, 2.05) is 54.6 Å². The zero-order chi connectivity index (χ0) is 24.5. The van der Waals surface area contributed by atoms with Crippen molar-refractivity contribution in [2.45, 2.75) is 6.61 Å². The molecule has 0 aliphatic carbocycles. The van der Waals surface area contributed by atoms with Crippen molar-refractivity contribution in [3.8, 4) is 28.7 Å². The van der Waals surface area contributed by atoms with E-state index >= 15 is 0 Å². The first-order chi connectivity index (χ1) is 16.5. The minimum atomic E-state index is -0.0794. The van der Waals surface area contributed by atoms with Gasteiger partial charge in [0.2, 0.25) is 5.75 Å². The number of carbonyl (C=O) groups is 1. The Morgan fingerprint density at radius 2 is 1.32 bits per heavy atom. The van der Waals surface area contributed by atoms with Crippen molar-refractivity contribution in [2.75, 3.05) is 39.9 Å². The molecular formula is C27H29NO6. The molecule has 0 atom stereocenters. The highest BCUT2D eigenvalue weighted by Gasteiger charge is 2.31. The number of benzene rings is 3. The fraction of sp³-hybridized carbons (Fsp3) is 0.222. The van der Waals surface area contributed by atoms with Crippen molar-refractivity contribution in [3.63, 3.8) is 0 Å². The number of hydrogen-bond donors (Lipinski definition) is 0. The maximum Gasteiger partial charge on any atom is 0.255 e. The Morgan fingerprint density at radius 1 is 0.765 bits per heavy atom. The van der Waals surface area contributed by atoms with Gasteiger partial charge in [0, 0.05) is 17.7 Å². The normalized spacial score (nSPS) is 12.2. The monoisotopic (exact) mass is 463 g/mol. The minimum Gasteiger partial charge on any atom is -0.493 e. The molecule has 1 saturated heterocycles. The van der Waals surface area contributed by atoms with E-state index < -0.39 is 0 Å². The van der Waals surface area contributed by atoms with E-state index in [2.05, 4.69) is 6.58 Å². The van der Waals surface area contributed by atoms with Gasteiger partial charge in [-0.3, -0.25) is 4.79 Å². The highest BCUT2D eigenvalue weighted by Crippen LogP contribution is 2.42. The Labute approximate surface area is 200 Å². The number of amides is 1.